The molecule has 0 radical (unpaired) electrons. The summed E-state index contributed by atoms with van der Waals surface area (Å²) < 4.78 is 4.73. The van der Waals surface area contributed by atoms with Crippen molar-refractivity contribution in [1.29, 1.82) is 0 Å². The molecule has 0 spiro atoms. The highest BCUT2D eigenvalue weighted by Gasteiger charge is 2.28. The van der Waals surface area contributed by atoms with Gasteiger partial charge in [0.25, 0.3) is 0 Å². The van der Waals surface area contributed by atoms with Crippen LogP contribution in [0.4, 0.5) is 0 Å². The molecule has 1 aromatic carbocycles. The average Bonchev–Trinajstić information content (AvgIpc) is 2.30. The average molecular weight is 221 g/mol. The molecule has 0 bridgehead atoms. The number of carbonyl (C=O) groups excluding carboxylic acids is 1. The SMILES string of the molecule is CCNC(C)(CC(=O)OC)c1ccccc1. The Kier molecular flexibility index (Phi) is 4.50. The number of hydrogen-bond acceptors (Lipinski definition) is 3. The largest absolute Gasteiger partial charge is 0.469 e. The van der Waals surface area contributed by atoms with Gasteiger partial charge in [-0.15, -0.1) is 0 Å². The van der Waals surface area contributed by atoms with Crippen LogP contribution >= 0.6 is 0 Å². The molecule has 88 valence electrons. The van der Waals surface area contributed by atoms with Crippen molar-refractivity contribution < 1.29 is 9.53 Å². The number of benzene rings is 1. The van der Waals surface area contributed by atoms with Crippen LogP contribution in [0.5, 0.6) is 0 Å². The topological polar surface area (TPSA) is 38.3 Å². The first-order valence-corrected chi connectivity index (χ1v) is 5.49. The molecule has 1 rings (SSSR count). The summed E-state index contributed by atoms with van der Waals surface area (Å²) in [6, 6.07) is 9.95. The Bertz CT molecular complexity index is 337. The van der Waals surface area contributed by atoms with Crippen LogP contribution in [0.25, 0.3) is 0 Å². The van der Waals surface area contributed by atoms with E-state index in [-0.39, 0.29) is 11.5 Å². The second kappa shape index (κ2) is 5.66. The number of methoxy groups -OCH3 is 1. The molecule has 0 aliphatic heterocycles. The molecular formula is C13H19NO2. The molecule has 0 aliphatic rings. The van der Waals surface area contributed by atoms with Crippen LogP contribution in [0.1, 0.15) is 25.8 Å². The van der Waals surface area contributed by atoms with Gasteiger partial charge in [-0.1, -0.05) is 37.3 Å². The van der Waals surface area contributed by atoms with Gasteiger partial charge in [-0.25, -0.2) is 0 Å². The van der Waals surface area contributed by atoms with Crippen LogP contribution in [-0.2, 0) is 15.1 Å². The smallest absolute Gasteiger partial charge is 0.307 e. The van der Waals surface area contributed by atoms with Gasteiger partial charge in [0, 0.05) is 0 Å². The maximum absolute atomic E-state index is 11.4. The number of esters is 1. The molecule has 1 aromatic rings. The third-order valence-electron chi connectivity index (χ3n) is 2.70. The second-order valence-electron chi connectivity index (χ2n) is 3.98. The van der Waals surface area contributed by atoms with Crippen molar-refractivity contribution in [2.45, 2.75) is 25.8 Å². The minimum absolute atomic E-state index is 0.202. The molecule has 0 aliphatic carbocycles. The predicted molar refractivity (Wildman–Crippen MR) is 64.1 cm³/mol. The first-order valence-electron chi connectivity index (χ1n) is 5.49. The molecule has 0 saturated carbocycles. The van der Waals surface area contributed by atoms with Gasteiger partial charge in [0.15, 0.2) is 0 Å². The van der Waals surface area contributed by atoms with Crippen molar-refractivity contribution in [3.8, 4) is 0 Å². The lowest BCUT2D eigenvalue weighted by Crippen LogP contribution is -2.41. The van der Waals surface area contributed by atoms with Gasteiger partial charge in [0.2, 0.25) is 0 Å². The van der Waals surface area contributed by atoms with Gasteiger partial charge in [-0.05, 0) is 19.0 Å². The zero-order chi connectivity index (χ0) is 12.0. The van der Waals surface area contributed by atoms with Gasteiger partial charge in [-0.3, -0.25) is 4.79 Å². The van der Waals surface area contributed by atoms with Crippen molar-refractivity contribution in [3.63, 3.8) is 0 Å². The van der Waals surface area contributed by atoms with E-state index in [9.17, 15) is 4.79 Å². The summed E-state index contributed by atoms with van der Waals surface area (Å²) in [6.07, 6.45) is 0.335. The quantitative estimate of drug-likeness (QED) is 0.774. The number of nitrogens with one attached hydrogen (secondary N) is 1. The van der Waals surface area contributed by atoms with Crippen molar-refractivity contribution in [1.82, 2.24) is 5.32 Å². The Morgan fingerprint density at radius 2 is 2.00 bits per heavy atom. The first-order chi connectivity index (χ1) is 7.62. The standard InChI is InChI=1S/C13H19NO2/c1-4-14-13(2,10-12(15)16-3)11-8-6-5-7-9-11/h5-9,14H,4,10H2,1-3H3. The van der Waals surface area contributed by atoms with Crippen molar-refractivity contribution in [3.05, 3.63) is 35.9 Å². The van der Waals surface area contributed by atoms with Crippen LogP contribution in [0.2, 0.25) is 0 Å². The summed E-state index contributed by atoms with van der Waals surface area (Å²) in [5.74, 6) is -0.202. The monoisotopic (exact) mass is 221 g/mol. The fourth-order valence-electron chi connectivity index (χ4n) is 1.82. The van der Waals surface area contributed by atoms with Crippen molar-refractivity contribution in [2.75, 3.05) is 13.7 Å². The summed E-state index contributed by atoms with van der Waals surface area (Å²) in [4.78, 5) is 11.4. The van der Waals surface area contributed by atoms with Gasteiger partial charge in [-0.2, -0.15) is 0 Å². The maximum atomic E-state index is 11.4. The number of hydrogen-bond donors (Lipinski definition) is 1. The number of carbonyl (C=O) groups is 1. The molecular weight excluding hydrogens is 202 g/mol. The van der Waals surface area contributed by atoms with E-state index in [0.717, 1.165) is 12.1 Å². The Hall–Kier alpha value is -1.35. The fourth-order valence-corrected chi connectivity index (χ4v) is 1.82. The molecule has 3 heteroatoms. The van der Waals surface area contributed by atoms with Gasteiger partial charge >= 0.3 is 5.97 Å². The fraction of sp³-hybridized carbons (Fsp3) is 0.462. The van der Waals surface area contributed by atoms with E-state index in [2.05, 4.69) is 5.32 Å². The second-order valence-corrected chi connectivity index (χ2v) is 3.98. The van der Waals surface area contributed by atoms with E-state index in [1.54, 1.807) is 0 Å². The van der Waals surface area contributed by atoms with Gasteiger partial charge < -0.3 is 10.1 Å². The molecule has 1 unspecified atom stereocenters. The molecule has 16 heavy (non-hydrogen) atoms. The number of rotatable bonds is 5. The summed E-state index contributed by atoms with van der Waals surface area (Å²) in [6.45, 7) is 4.85. The molecule has 0 fully saturated rings. The predicted octanol–water partition coefficient (Wildman–Crippen LogP) is 2.07. The molecule has 0 saturated heterocycles. The highest BCUT2D eigenvalue weighted by Crippen LogP contribution is 2.24. The molecule has 0 heterocycles. The molecule has 3 nitrogen and oxygen atoms in total. The van der Waals surface area contributed by atoms with E-state index in [4.69, 9.17) is 4.74 Å². The van der Waals surface area contributed by atoms with Crippen LogP contribution in [-0.4, -0.2) is 19.6 Å². The van der Waals surface area contributed by atoms with Gasteiger partial charge in [0.1, 0.15) is 0 Å². The highest BCUT2D eigenvalue weighted by atomic mass is 16.5. The van der Waals surface area contributed by atoms with Crippen LogP contribution in [0, 0.1) is 0 Å². The minimum atomic E-state index is -0.358. The molecule has 0 amide bonds. The Labute approximate surface area is 96.8 Å². The molecule has 0 aromatic heterocycles. The Morgan fingerprint density at radius 1 is 1.38 bits per heavy atom. The van der Waals surface area contributed by atoms with Gasteiger partial charge in [0.05, 0.1) is 19.1 Å². The van der Waals surface area contributed by atoms with E-state index in [1.165, 1.54) is 7.11 Å². The third-order valence-corrected chi connectivity index (χ3v) is 2.70. The summed E-state index contributed by atoms with van der Waals surface area (Å²) >= 11 is 0. The summed E-state index contributed by atoms with van der Waals surface area (Å²) in [7, 11) is 1.42. The van der Waals surface area contributed by atoms with Crippen molar-refractivity contribution >= 4 is 5.97 Å². The van der Waals surface area contributed by atoms with E-state index in [1.807, 2.05) is 44.2 Å². The van der Waals surface area contributed by atoms with Crippen LogP contribution < -0.4 is 5.32 Å². The Morgan fingerprint density at radius 3 is 2.50 bits per heavy atom. The van der Waals surface area contributed by atoms with Crippen LogP contribution in [0.15, 0.2) is 30.3 Å². The van der Waals surface area contributed by atoms with E-state index >= 15 is 0 Å². The van der Waals surface area contributed by atoms with Crippen LogP contribution in [0.3, 0.4) is 0 Å². The first kappa shape index (κ1) is 12.7. The zero-order valence-corrected chi connectivity index (χ0v) is 10.1. The normalized spacial score (nSPS) is 14.2. The number of ether oxygens (including phenoxy) is 1. The molecule has 1 atom stereocenters. The lowest BCUT2D eigenvalue weighted by molar-refractivity contribution is -0.142. The summed E-state index contributed by atoms with van der Waals surface area (Å²) in [5, 5.41) is 3.34. The lowest BCUT2D eigenvalue weighted by atomic mass is 9.88. The Balaban J connectivity index is 2.92. The lowest BCUT2D eigenvalue weighted by Gasteiger charge is -2.30. The highest BCUT2D eigenvalue weighted by molar-refractivity contribution is 5.71. The third kappa shape index (κ3) is 3.07. The molecule has 1 N–H and O–H groups in total. The summed E-state index contributed by atoms with van der Waals surface area (Å²) in [5.41, 5.74) is 0.741. The minimum Gasteiger partial charge on any atom is -0.469 e. The van der Waals surface area contributed by atoms with E-state index < -0.39 is 0 Å². The van der Waals surface area contributed by atoms with Crippen molar-refractivity contribution in [2.24, 2.45) is 0 Å². The zero-order valence-electron chi connectivity index (χ0n) is 10.1. The maximum Gasteiger partial charge on any atom is 0.307 e. The van der Waals surface area contributed by atoms with E-state index in [0.29, 0.717) is 6.42 Å².